The first-order valence-corrected chi connectivity index (χ1v) is 19.1. The molecule has 45 heavy (non-hydrogen) atoms. The van der Waals surface area contributed by atoms with Crippen molar-refractivity contribution in [2.24, 2.45) is 9.98 Å². The van der Waals surface area contributed by atoms with E-state index in [4.69, 9.17) is 14.7 Å². The van der Waals surface area contributed by atoms with Gasteiger partial charge in [0.25, 0.3) is 0 Å². The van der Waals surface area contributed by atoms with Crippen molar-refractivity contribution < 1.29 is 9.53 Å². The molecule has 6 aliphatic rings. The van der Waals surface area contributed by atoms with Crippen molar-refractivity contribution >= 4 is 17.9 Å². The van der Waals surface area contributed by atoms with E-state index in [1.807, 2.05) is 0 Å². The number of allylic oxidation sites excluding steroid dienone is 1. The fraction of sp³-hybridized carbons (Fsp3) is 0.865. The molecule has 6 heterocycles. The average Bonchev–Trinajstić information content (AvgIpc) is 3.61. The zero-order chi connectivity index (χ0) is 31.3. The van der Waals surface area contributed by atoms with E-state index in [2.05, 4.69) is 48.1 Å². The van der Waals surface area contributed by atoms with Gasteiger partial charge in [0.1, 0.15) is 0 Å². The maximum Gasteiger partial charge on any atom is 0.338 e. The SMILES string of the molecule is CCCCCCC[C@@H]1C[C@@H]2CCC3=C(C(=O)OC(C)CCCCCCC[C@@H]4C[C@@H]5CC[C@@H]6C[C@H](C)NC(=N4)N65)C(C)N=C(N1)N32. The van der Waals surface area contributed by atoms with Crippen molar-refractivity contribution in [2.45, 2.75) is 205 Å². The third-order valence-corrected chi connectivity index (χ3v) is 11.6. The molecule has 0 radical (unpaired) electrons. The molecule has 6 rings (SSSR count). The van der Waals surface area contributed by atoms with Gasteiger partial charge in [-0.1, -0.05) is 64.7 Å². The molecule has 252 valence electrons. The number of carbonyl (C=O) groups is 1. The van der Waals surface area contributed by atoms with Crippen molar-refractivity contribution in [3.63, 3.8) is 0 Å². The van der Waals surface area contributed by atoms with Crippen LogP contribution in [0.25, 0.3) is 0 Å². The lowest BCUT2D eigenvalue weighted by Crippen LogP contribution is -2.59. The van der Waals surface area contributed by atoms with E-state index in [0.29, 0.717) is 30.2 Å². The quantitative estimate of drug-likeness (QED) is 0.140. The lowest BCUT2D eigenvalue weighted by atomic mass is 9.97. The zero-order valence-electron chi connectivity index (χ0n) is 28.9. The lowest BCUT2D eigenvalue weighted by molar-refractivity contribution is -0.144. The van der Waals surface area contributed by atoms with E-state index in [1.165, 1.54) is 108 Å². The molecule has 8 nitrogen and oxygen atoms in total. The molecule has 8 atom stereocenters. The number of hydrogen-bond acceptors (Lipinski definition) is 8. The standard InChI is InChI=1S/C37H62N6O2/c1-5-6-7-9-13-16-29-24-32-20-21-33-34(27(4)39-37(41-29)43(32)33)35(44)45-26(3)15-12-10-8-11-14-17-28-23-31-19-18-30-22-25(2)38-36(40-28)42(30)31/h25-32H,5-24H2,1-4H3,(H,38,40)(H,39,41)/t25-,26?,27?,28+,29+,30+,31-,32-/m0/s1. The summed E-state index contributed by atoms with van der Waals surface area (Å²) in [6.45, 7) is 8.71. The van der Waals surface area contributed by atoms with Crippen LogP contribution in [-0.2, 0) is 9.53 Å². The first-order chi connectivity index (χ1) is 21.9. The Balaban J connectivity index is 0.882. The molecule has 0 bridgehead atoms. The van der Waals surface area contributed by atoms with Gasteiger partial charge in [-0.25, -0.2) is 14.8 Å². The minimum atomic E-state index is -0.148. The summed E-state index contributed by atoms with van der Waals surface area (Å²) in [6.07, 6.45) is 24.5. The van der Waals surface area contributed by atoms with E-state index in [0.717, 1.165) is 49.7 Å². The second-order valence-corrected chi connectivity index (χ2v) is 15.3. The normalized spacial score (nSPS) is 32.3. The molecule has 0 aromatic carbocycles. The minimum Gasteiger partial charge on any atom is -0.459 e. The Labute approximate surface area is 273 Å². The van der Waals surface area contributed by atoms with E-state index in [-0.39, 0.29) is 18.1 Å². The van der Waals surface area contributed by atoms with Crippen LogP contribution in [0.1, 0.15) is 156 Å². The fourth-order valence-corrected chi connectivity index (χ4v) is 9.27. The largest absolute Gasteiger partial charge is 0.459 e. The molecule has 2 unspecified atom stereocenters. The van der Waals surface area contributed by atoms with Crippen molar-refractivity contribution in [3.05, 3.63) is 11.3 Å². The summed E-state index contributed by atoms with van der Waals surface area (Å²) in [5.41, 5.74) is 1.97. The molecule has 0 amide bonds. The number of aliphatic imine (C=N–C) groups is 2. The summed E-state index contributed by atoms with van der Waals surface area (Å²) in [7, 11) is 0. The van der Waals surface area contributed by atoms with Crippen molar-refractivity contribution in [3.8, 4) is 0 Å². The Bertz CT molecular complexity index is 1120. The molecule has 4 saturated heterocycles. The molecule has 0 spiro atoms. The maximum atomic E-state index is 13.4. The molecule has 0 aliphatic carbocycles. The van der Waals surface area contributed by atoms with Crippen LogP contribution >= 0.6 is 0 Å². The molecular formula is C37H62N6O2. The Kier molecular flexibility index (Phi) is 11.0. The van der Waals surface area contributed by atoms with Crippen LogP contribution in [0, 0.1) is 0 Å². The van der Waals surface area contributed by atoms with Gasteiger partial charge in [0, 0.05) is 35.9 Å². The van der Waals surface area contributed by atoms with Gasteiger partial charge in [-0.2, -0.15) is 0 Å². The van der Waals surface area contributed by atoms with Gasteiger partial charge in [-0.3, -0.25) is 0 Å². The summed E-state index contributed by atoms with van der Waals surface area (Å²) in [5.74, 6) is 2.05. The zero-order valence-corrected chi connectivity index (χ0v) is 28.9. The van der Waals surface area contributed by atoms with Crippen molar-refractivity contribution in [1.29, 1.82) is 0 Å². The highest BCUT2D eigenvalue weighted by atomic mass is 16.5. The van der Waals surface area contributed by atoms with E-state index in [9.17, 15) is 4.79 Å². The van der Waals surface area contributed by atoms with E-state index >= 15 is 0 Å². The van der Waals surface area contributed by atoms with Gasteiger partial charge in [0.05, 0.1) is 23.8 Å². The topological polar surface area (TPSA) is 81.6 Å². The number of nitrogens with one attached hydrogen (secondary N) is 2. The number of esters is 1. The highest BCUT2D eigenvalue weighted by Gasteiger charge is 2.45. The second-order valence-electron chi connectivity index (χ2n) is 15.3. The molecule has 8 heteroatoms. The van der Waals surface area contributed by atoms with Crippen LogP contribution in [0.2, 0.25) is 0 Å². The summed E-state index contributed by atoms with van der Waals surface area (Å²) < 4.78 is 6.04. The summed E-state index contributed by atoms with van der Waals surface area (Å²) in [4.78, 5) is 28.5. The second kappa shape index (κ2) is 15.1. The molecule has 2 N–H and O–H groups in total. The number of hydrogen-bond donors (Lipinski definition) is 2. The Morgan fingerprint density at radius 3 is 2.40 bits per heavy atom. The van der Waals surface area contributed by atoms with E-state index < -0.39 is 0 Å². The smallest absolute Gasteiger partial charge is 0.338 e. The Hall–Kier alpha value is -2.25. The van der Waals surface area contributed by atoms with Crippen LogP contribution in [0.4, 0.5) is 0 Å². The Morgan fingerprint density at radius 2 is 1.58 bits per heavy atom. The first-order valence-electron chi connectivity index (χ1n) is 19.1. The average molecular weight is 623 g/mol. The monoisotopic (exact) mass is 622 g/mol. The predicted molar refractivity (Wildman–Crippen MR) is 183 cm³/mol. The molecule has 0 aromatic heterocycles. The third-order valence-electron chi connectivity index (χ3n) is 11.6. The van der Waals surface area contributed by atoms with Crippen LogP contribution in [0.15, 0.2) is 21.3 Å². The minimum absolute atomic E-state index is 0.0569. The van der Waals surface area contributed by atoms with E-state index in [1.54, 1.807) is 0 Å². The fourth-order valence-electron chi connectivity index (χ4n) is 9.27. The lowest BCUT2D eigenvalue weighted by Gasteiger charge is -2.44. The van der Waals surface area contributed by atoms with Gasteiger partial charge in [-0.15, -0.1) is 0 Å². The summed E-state index contributed by atoms with van der Waals surface area (Å²) in [6, 6.07) is 3.31. The highest BCUT2D eigenvalue weighted by molar-refractivity contribution is 5.96. The number of unbranched alkanes of at least 4 members (excludes halogenated alkanes) is 8. The van der Waals surface area contributed by atoms with Crippen LogP contribution < -0.4 is 10.6 Å². The molecular weight excluding hydrogens is 560 g/mol. The summed E-state index contributed by atoms with van der Waals surface area (Å²) in [5, 5.41) is 7.42. The molecule has 4 fully saturated rings. The molecule has 6 aliphatic heterocycles. The molecule has 0 saturated carbocycles. The highest BCUT2D eigenvalue weighted by Crippen LogP contribution is 2.40. The van der Waals surface area contributed by atoms with Crippen molar-refractivity contribution in [1.82, 2.24) is 20.4 Å². The number of carbonyl (C=O) groups excluding carboxylic acids is 1. The summed E-state index contributed by atoms with van der Waals surface area (Å²) >= 11 is 0. The first kappa shape index (κ1) is 32.7. The predicted octanol–water partition coefficient (Wildman–Crippen LogP) is 7.19. The number of guanidine groups is 2. The number of rotatable bonds is 16. The Morgan fingerprint density at radius 1 is 0.844 bits per heavy atom. The number of nitrogens with zero attached hydrogens (tertiary/aromatic N) is 4. The van der Waals surface area contributed by atoms with Crippen LogP contribution in [0.3, 0.4) is 0 Å². The maximum absolute atomic E-state index is 13.4. The van der Waals surface area contributed by atoms with Gasteiger partial charge in [0.15, 0.2) is 11.9 Å². The molecule has 0 aromatic rings. The van der Waals surface area contributed by atoms with Gasteiger partial charge < -0.3 is 25.2 Å². The van der Waals surface area contributed by atoms with Gasteiger partial charge in [0.2, 0.25) is 0 Å². The van der Waals surface area contributed by atoms with Crippen LogP contribution in [-0.4, -0.2) is 76.1 Å². The third kappa shape index (κ3) is 7.67. The van der Waals surface area contributed by atoms with Gasteiger partial charge in [-0.05, 0) is 91.4 Å². The van der Waals surface area contributed by atoms with Crippen LogP contribution in [0.5, 0.6) is 0 Å². The van der Waals surface area contributed by atoms with Crippen molar-refractivity contribution in [2.75, 3.05) is 0 Å². The van der Waals surface area contributed by atoms with Gasteiger partial charge >= 0.3 is 5.97 Å². The number of ether oxygens (including phenoxy) is 1.